The molecule has 3 rings (SSSR count). The number of carbonyl (C=O) groups excluding carboxylic acids is 1. The molecule has 2 aliphatic rings. The van der Waals surface area contributed by atoms with Crippen molar-refractivity contribution in [1.29, 1.82) is 0 Å². The predicted octanol–water partition coefficient (Wildman–Crippen LogP) is 1.77. The van der Waals surface area contributed by atoms with Crippen LogP contribution >= 0.6 is 0 Å². The lowest BCUT2D eigenvalue weighted by Gasteiger charge is -2.49. The molecule has 13 heteroatoms. The average molecular weight is 609 g/mol. The molecule has 1 aromatic rings. The summed E-state index contributed by atoms with van der Waals surface area (Å²) in [6.45, 7) is 10.6. The number of aliphatic hydroxyl groups excluding tert-OH is 1. The minimum Gasteiger partial charge on any atom is -0.479 e. The van der Waals surface area contributed by atoms with E-state index in [1.807, 2.05) is 51.1 Å². The van der Waals surface area contributed by atoms with Crippen molar-refractivity contribution in [2.45, 2.75) is 94.8 Å². The van der Waals surface area contributed by atoms with Crippen molar-refractivity contribution in [2.24, 2.45) is 11.8 Å². The Labute approximate surface area is 249 Å². The van der Waals surface area contributed by atoms with Crippen molar-refractivity contribution in [3.8, 4) is 0 Å². The lowest BCUT2D eigenvalue weighted by atomic mass is 9.74. The van der Waals surface area contributed by atoms with Gasteiger partial charge in [-0.3, -0.25) is 4.79 Å². The molecular formula is C30H40O13. The van der Waals surface area contributed by atoms with Crippen molar-refractivity contribution in [3.63, 3.8) is 0 Å². The number of carbonyl (C=O) groups is 4. The molecule has 2 saturated heterocycles. The SMILES string of the molecule is C=C(CCC12OC(C(=O)O)C(O)(C(=O)O)C(C(=O)O)(O1)[C@H](OCCC(C)C)[C@H]2O)[C@@H](OC(C)=O)[C@H](C)Cc1ccccc1. The molecule has 0 amide bonds. The molecule has 238 valence electrons. The van der Waals surface area contributed by atoms with Gasteiger partial charge in [-0.05, 0) is 36.3 Å². The smallest absolute Gasteiger partial charge is 0.343 e. The van der Waals surface area contributed by atoms with Crippen LogP contribution in [0.1, 0.15) is 52.5 Å². The molecule has 4 unspecified atom stereocenters. The van der Waals surface area contributed by atoms with Gasteiger partial charge in [0.05, 0.1) is 0 Å². The van der Waals surface area contributed by atoms with E-state index in [2.05, 4.69) is 6.58 Å². The minimum absolute atomic E-state index is 0.0642. The van der Waals surface area contributed by atoms with E-state index in [4.69, 9.17) is 18.9 Å². The van der Waals surface area contributed by atoms with Crippen LogP contribution < -0.4 is 0 Å². The number of fused-ring (bicyclic) bond motifs is 2. The number of aliphatic hydroxyl groups is 2. The maximum absolute atomic E-state index is 12.8. The van der Waals surface area contributed by atoms with Crippen molar-refractivity contribution in [2.75, 3.05) is 6.61 Å². The standard InChI is InChI=1S/C30H40O13/c1-16(2)12-14-40-23-22(32)28(42-24(25(33)34)29(39,26(35)36)30(23,43-28)27(37)38)13-11-17(3)21(41-19(5)31)18(4)15-20-9-7-6-8-10-20/h6-10,16,18,21-24,32,39H,3,11-15H2,1-2,4-5H3,(H,33,34)(H,35,36)(H,37,38)/t18-,21-,22-,23-,24?,28?,29?,30?/m1/s1. The van der Waals surface area contributed by atoms with E-state index in [9.17, 15) is 44.7 Å². The Morgan fingerprint density at radius 1 is 1.05 bits per heavy atom. The summed E-state index contributed by atoms with van der Waals surface area (Å²) in [5.74, 6) is -9.56. The third-order valence-corrected chi connectivity index (χ3v) is 8.00. The van der Waals surface area contributed by atoms with E-state index in [1.54, 1.807) is 0 Å². The fourth-order valence-corrected chi connectivity index (χ4v) is 5.79. The van der Waals surface area contributed by atoms with Gasteiger partial charge in [-0.15, -0.1) is 0 Å². The van der Waals surface area contributed by atoms with Gasteiger partial charge < -0.3 is 44.5 Å². The Balaban J connectivity index is 2.00. The van der Waals surface area contributed by atoms with Crippen LogP contribution in [0.3, 0.4) is 0 Å². The molecule has 2 fully saturated rings. The van der Waals surface area contributed by atoms with Gasteiger partial charge in [0.15, 0.2) is 5.79 Å². The molecule has 43 heavy (non-hydrogen) atoms. The second-order valence-corrected chi connectivity index (χ2v) is 11.6. The summed E-state index contributed by atoms with van der Waals surface area (Å²) in [4.78, 5) is 49.4. The van der Waals surface area contributed by atoms with Crippen LogP contribution in [0.15, 0.2) is 42.5 Å². The third-order valence-electron chi connectivity index (χ3n) is 8.00. The predicted molar refractivity (Wildman–Crippen MR) is 148 cm³/mol. The van der Waals surface area contributed by atoms with Crippen LogP contribution in [0.5, 0.6) is 0 Å². The number of esters is 1. The summed E-state index contributed by atoms with van der Waals surface area (Å²) in [6.07, 6.45) is -7.32. The summed E-state index contributed by atoms with van der Waals surface area (Å²) in [6, 6.07) is 9.40. The zero-order chi connectivity index (χ0) is 32.3. The number of ether oxygens (including phenoxy) is 4. The Morgan fingerprint density at radius 3 is 2.19 bits per heavy atom. The molecule has 0 saturated carbocycles. The van der Waals surface area contributed by atoms with Crippen LogP contribution in [0.4, 0.5) is 0 Å². The fourth-order valence-electron chi connectivity index (χ4n) is 5.79. The Hall–Kier alpha value is -3.36. The number of rotatable bonds is 15. The van der Waals surface area contributed by atoms with Gasteiger partial charge in [0.25, 0.3) is 0 Å². The molecule has 13 nitrogen and oxygen atoms in total. The molecule has 0 spiro atoms. The summed E-state index contributed by atoms with van der Waals surface area (Å²) >= 11 is 0. The fraction of sp³-hybridized carbons (Fsp3) is 0.600. The molecule has 0 aromatic heterocycles. The zero-order valence-electron chi connectivity index (χ0n) is 24.6. The first-order valence-electron chi connectivity index (χ1n) is 14.0. The van der Waals surface area contributed by atoms with E-state index in [0.29, 0.717) is 18.4 Å². The average Bonchev–Trinajstić information content (AvgIpc) is 3.14. The van der Waals surface area contributed by atoms with Crippen LogP contribution in [0, 0.1) is 11.8 Å². The Kier molecular flexibility index (Phi) is 10.4. The second kappa shape index (κ2) is 13.1. The van der Waals surface area contributed by atoms with E-state index < -0.39 is 71.7 Å². The Morgan fingerprint density at radius 2 is 1.67 bits per heavy atom. The highest BCUT2D eigenvalue weighted by Crippen LogP contribution is 2.55. The lowest BCUT2D eigenvalue weighted by Crippen LogP contribution is -2.78. The van der Waals surface area contributed by atoms with Gasteiger partial charge in [-0.1, -0.05) is 57.7 Å². The lowest BCUT2D eigenvalue weighted by molar-refractivity contribution is -0.374. The Bertz CT molecular complexity index is 1220. The van der Waals surface area contributed by atoms with Crippen LogP contribution in [0.25, 0.3) is 0 Å². The van der Waals surface area contributed by atoms with E-state index in [1.165, 1.54) is 6.92 Å². The van der Waals surface area contributed by atoms with Gasteiger partial charge in [-0.25, -0.2) is 14.4 Å². The summed E-state index contributed by atoms with van der Waals surface area (Å²) in [7, 11) is 0. The summed E-state index contributed by atoms with van der Waals surface area (Å²) < 4.78 is 22.4. The van der Waals surface area contributed by atoms with Gasteiger partial charge in [0, 0.05) is 25.9 Å². The number of aliphatic carboxylic acids is 3. The zero-order valence-corrected chi connectivity index (χ0v) is 24.6. The van der Waals surface area contributed by atoms with E-state index >= 15 is 0 Å². The van der Waals surface area contributed by atoms with Crippen molar-refractivity contribution in [1.82, 2.24) is 0 Å². The normalized spacial score (nSPS) is 31.3. The quantitative estimate of drug-likeness (QED) is 0.142. The maximum Gasteiger partial charge on any atom is 0.343 e. The van der Waals surface area contributed by atoms with Crippen molar-refractivity contribution in [3.05, 3.63) is 48.0 Å². The molecular weight excluding hydrogens is 568 g/mol. The first-order chi connectivity index (χ1) is 20.0. The molecule has 5 N–H and O–H groups in total. The van der Waals surface area contributed by atoms with E-state index in [0.717, 1.165) is 5.56 Å². The molecule has 2 heterocycles. The molecule has 0 aliphatic carbocycles. The van der Waals surface area contributed by atoms with Crippen LogP contribution in [0.2, 0.25) is 0 Å². The highest BCUT2D eigenvalue weighted by Gasteiger charge is 2.85. The second-order valence-electron chi connectivity index (χ2n) is 11.6. The van der Waals surface area contributed by atoms with Gasteiger partial charge in [-0.2, -0.15) is 0 Å². The molecule has 1 aromatic carbocycles. The highest BCUT2D eigenvalue weighted by molar-refractivity contribution is 5.97. The first-order valence-corrected chi connectivity index (χ1v) is 14.0. The van der Waals surface area contributed by atoms with E-state index in [-0.39, 0.29) is 24.9 Å². The largest absolute Gasteiger partial charge is 0.479 e. The molecule has 2 aliphatic heterocycles. The molecule has 0 radical (unpaired) electrons. The van der Waals surface area contributed by atoms with Gasteiger partial charge >= 0.3 is 23.9 Å². The van der Waals surface area contributed by atoms with Gasteiger partial charge in [0.1, 0.15) is 18.3 Å². The summed E-state index contributed by atoms with van der Waals surface area (Å²) in [5, 5.41) is 53.0. The number of hydrogen-bond donors (Lipinski definition) is 5. The number of carboxylic acid groups (broad SMARTS) is 3. The maximum atomic E-state index is 12.8. The summed E-state index contributed by atoms with van der Waals surface area (Å²) in [5.41, 5.74) is -5.68. The number of hydrogen-bond acceptors (Lipinski definition) is 10. The number of carboxylic acids is 3. The first kappa shape index (κ1) is 34.1. The van der Waals surface area contributed by atoms with Crippen molar-refractivity contribution < 1.29 is 63.7 Å². The topological polar surface area (TPSA) is 206 Å². The number of benzene rings is 1. The van der Waals surface area contributed by atoms with Crippen LogP contribution in [-0.4, -0.2) is 97.4 Å². The highest BCUT2D eigenvalue weighted by atomic mass is 16.8. The van der Waals surface area contributed by atoms with Crippen LogP contribution in [-0.2, 0) is 44.5 Å². The molecule has 8 atom stereocenters. The monoisotopic (exact) mass is 608 g/mol. The third kappa shape index (κ3) is 6.31. The van der Waals surface area contributed by atoms with Crippen molar-refractivity contribution >= 4 is 23.9 Å². The minimum atomic E-state index is -3.70. The molecule has 2 bridgehead atoms. The van der Waals surface area contributed by atoms with Gasteiger partial charge in [0.2, 0.25) is 17.3 Å².